The van der Waals surface area contributed by atoms with Gasteiger partial charge in [0.05, 0.1) is 0 Å². The highest BCUT2D eigenvalue weighted by atomic mass is 19.1. The number of amides is 2. The van der Waals surface area contributed by atoms with Crippen molar-refractivity contribution in [1.29, 1.82) is 0 Å². The number of likely N-dealkylation sites (tertiary alicyclic amines) is 2. The highest BCUT2D eigenvalue weighted by Crippen LogP contribution is 2.61. The van der Waals surface area contributed by atoms with Crippen LogP contribution in [0.1, 0.15) is 20.3 Å². The van der Waals surface area contributed by atoms with Crippen LogP contribution in [-0.4, -0.2) is 73.8 Å². The zero-order valence-corrected chi connectivity index (χ0v) is 13.9. The third-order valence-electron chi connectivity index (χ3n) is 5.76. The van der Waals surface area contributed by atoms with Gasteiger partial charge in [0.1, 0.15) is 19.3 Å². The maximum atomic E-state index is 12.3. The highest BCUT2D eigenvalue weighted by molar-refractivity contribution is 5.82. The number of fused-ring (bicyclic) bond motifs is 1. The molecule has 1 aliphatic carbocycles. The van der Waals surface area contributed by atoms with Crippen molar-refractivity contribution < 1.29 is 18.7 Å². The quantitative estimate of drug-likeness (QED) is 0.814. The monoisotopic (exact) mass is 327 g/mol. The van der Waals surface area contributed by atoms with Crippen molar-refractivity contribution >= 4 is 12.0 Å². The number of nitrogens with zero attached hydrogens (tertiary/aromatic N) is 2. The smallest absolute Gasteiger partial charge is 0.407 e. The molecule has 3 aliphatic rings. The normalized spacial score (nSPS) is 31.8. The van der Waals surface area contributed by atoms with Gasteiger partial charge in [-0.15, -0.1) is 0 Å². The standard InChI is InChI=1S/C16H26FN3O3/c1-16(2)12-9-20(10-13(12)16)14(21)7-18-15(22)23-11-3-5-19(8-11)6-4-17/h11-13H,3-10H2,1-2H3,(H,18,22). The van der Waals surface area contributed by atoms with Crippen LogP contribution >= 0.6 is 0 Å². The largest absolute Gasteiger partial charge is 0.445 e. The summed E-state index contributed by atoms with van der Waals surface area (Å²) in [7, 11) is 0. The van der Waals surface area contributed by atoms with Gasteiger partial charge in [-0.2, -0.15) is 0 Å². The number of alkyl halides is 1. The minimum atomic E-state index is -0.560. The van der Waals surface area contributed by atoms with Gasteiger partial charge in [-0.05, 0) is 23.7 Å². The number of nitrogens with one attached hydrogen (secondary N) is 1. The van der Waals surface area contributed by atoms with Gasteiger partial charge in [0.15, 0.2) is 0 Å². The molecule has 2 heterocycles. The van der Waals surface area contributed by atoms with Crippen LogP contribution in [0.2, 0.25) is 0 Å². The van der Waals surface area contributed by atoms with Crippen molar-refractivity contribution in [2.45, 2.75) is 26.4 Å². The van der Waals surface area contributed by atoms with E-state index in [2.05, 4.69) is 19.2 Å². The Labute approximate surface area is 136 Å². The minimum absolute atomic E-state index is 0.0143. The summed E-state index contributed by atoms with van der Waals surface area (Å²) < 4.78 is 17.5. The first-order valence-corrected chi connectivity index (χ1v) is 8.42. The predicted octanol–water partition coefficient (Wildman–Crippen LogP) is 0.871. The first-order chi connectivity index (χ1) is 10.9. The Morgan fingerprint density at radius 3 is 2.61 bits per heavy atom. The zero-order chi connectivity index (χ0) is 16.6. The van der Waals surface area contributed by atoms with E-state index < -0.39 is 6.09 Å². The summed E-state index contributed by atoms with van der Waals surface area (Å²) in [6, 6.07) is 0. The van der Waals surface area contributed by atoms with E-state index in [-0.39, 0.29) is 25.2 Å². The van der Waals surface area contributed by atoms with E-state index in [9.17, 15) is 14.0 Å². The molecule has 0 bridgehead atoms. The fraction of sp³-hybridized carbons (Fsp3) is 0.875. The van der Waals surface area contributed by atoms with Gasteiger partial charge >= 0.3 is 6.09 Å². The minimum Gasteiger partial charge on any atom is -0.445 e. The molecule has 2 saturated heterocycles. The van der Waals surface area contributed by atoms with Crippen LogP contribution in [0.3, 0.4) is 0 Å². The molecular weight excluding hydrogens is 301 g/mol. The second-order valence-electron chi connectivity index (χ2n) is 7.49. The van der Waals surface area contributed by atoms with E-state index in [0.717, 1.165) is 19.6 Å². The van der Waals surface area contributed by atoms with Crippen molar-refractivity contribution in [3.05, 3.63) is 0 Å². The lowest BCUT2D eigenvalue weighted by molar-refractivity contribution is -0.130. The molecule has 7 heteroatoms. The molecule has 2 amide bonds. The van der Waals surface area contributed by atoms with Crippen molar-refractivity contribution in [1.82, 2.24) is 15.1 Å². The Bertz CT molecular complexity index is 471. The van der Waals surface area contributed by atoms with Gasteiger partial charge in [-0.25, -0.2) is 9.18 Å². The molecule has 0 radical (unpaired) electrons. The van der Waals surface area contributed by atoms with E-state index in [4.69, 9.17) is 4.74 Å². The van der Waals surface area contributed by atoms with E-state index in [1.54, 1.807) is 0 Å². The molecule has 2 aliphatic heterocycles. The number of halogens is 1. The molecule has 130 valence electrons. The second kappa shape index (κ2) is 6.26. The molecular formula is C16H26FN3O3. The first-order valence-electron chi connectivity index (χ1n) is 8.42. The maximum absolute atomic E-state index is 12.3. The Morgan fingerprint density at radius 2 is 1.96 bits per heavy atom. The van der Waals surface area contributed by atoms with Gasteiger partial charge in [0.25, 0.3) is 0 Å². The molecule has 1 N–H and O–H groups in total. The van der Waals surface area contributed by atoms with E-state index >= 15 is 0 Å². The number of piperidine rings is 1. The lowest BCUT2D eigenvalue weighted by Gasteiger charge is -2.22. The summed E-state index contributed by atoms with van der Waals surface area (Å²) in [5.41, 5.74) is 0.372. The molecule has 3 rings (SSSR count). The fourth-order valence-electron chi connectivity index (χ4n) is 4.00. The molecule has 3 fully saturated rings. The van der Waals surface area contributed by atoms with Crippen molar-refractivity contribution in [3.63, 3.8) is 0 Å². The predicted molar refractivity (Wildman–Crippen MR) is 82.6 cm³/mol. The van der Waals surface area contributed by atoms with Crippen molar-refractivity contribution in [3.8, 4) is 0 Å². The summed E-state index contributed by atoms with van der Waals surface area (Å²) in [5, 5.41) is 2.54. The fourth-order valence-corrected chi connectivity index (χ4v) is 4.00. The Kier molecular flexibility index (Phi) is 4.49. The molecule has 23 heavy (non-hydrogen) atoms. The summed E-state index contributed by atoms with van der Waals surface area (Å²) in [4.78, 5) is 27.6. The van der Waals surface area contributed by atoms with Crippen LogP contribution < -0.4 is 5.32 Å². The summed E-state index contributed by atoms with van der Waals surface area (Å²) in [6.45, 7) is 7.38. The van der Waals surface area contributed by atoms with E-state index in [1.165, 1.54) is 0 Å². The zero-order valence-electron chi connectivity index (χ0n) is 13.9. The van der Waals surface area contributed by atoms with Crippen LogP contribution in [0, 0.1) is 17.3 Å². The van der Waals surface area contributed by atoms with Gasteiger partial charge in [-0.3, -0.25) is 9.69 Å². The second-order valence-corrected chi connectivity index (χ2v) is 7.49. The third-order valence-corrected chi connectivity index (χ3v) is 5.76. The Balaban J connectivity index is 1.33. The molecule has 6 nitrogen and oxygen atoms in total. The average Bonchev–Trinajstić information content (AvgIpc) is 2.95. The van der Waals surface area contributed by atoms with Crippen LogP contribution in [0.5, 0.6) is 0 Å². The number of carbonyl (C=O) groups excluding carboxylic acids is 2. The lowest BCUT2D eigenvalue weighted by atomic mass is 10.1. The highest BCUT2D eigenvalue weighted by Gasteiger charge is 2.62. The summed E-state index contributed by atoms with van der Waals surface area (Å²) in [5.74, 6) is 1.17. The Morgan fingerprint density at radius 1 is 1.26 bits per heavy atom. The maximum Gasteiger partial charge on any atom is 0.407 e. The third kappa shape index (κ3) is 3.44. The van der Waals surface area contributed by atoms with Gasteiger partial charge < -0.3 is 15.0 Å². The SMILES string of the molecule is CC1(C)C2CN(C(=O)CNC(=O)OC3CCN(CCF)C3)CC21. The van der Waals surface area contributed by atoms with Crippen LogP contribution in [0.4, 0.5) is 9.18 Å². The van der Waals surface area contributed by atoms with E-state index in [1.807, 2.05) is 9.80 Å². The van der Waals surface area contributed by atoms with Crippen LogP contribution in [-0.2, 0) is 9.53 Å². The van der Waals surface area contributed by atoms with Crippen molar-refractivity contribution in [2.24, 2.45) is 17.3 Å². The number of alkyl carbamates (subject to hydrolysis) is 1. The first kappa shape index (κ1) is 16.5. The number of hydrogen-bond donors (Lipinski definition) is 1. The number of ether oxygens (including phenoxy) is 1. The topological polar surface area (TPSA) is 61.9 Å². The van der Waals surface area contributed by atoms with E-state index in [0.29, 0.717) is 36.8 Å². The average molecular weight is 327 g/mol. The molecule has 3 unspecified atom stereocenters. The molecule has 0 spiro atoms. The molecule has 0 aromatic carbocycles. The molecule has 0 aromatic rings. The molecule has 3 atom stereocenters. The number of rotatable bonds is 5. The van der Waals surface area contributed by atoms with Gasteiger partial charge in [-0.1, -0.05) is 13.8 Å². The van der Waals surface area contributed by atoms with Crippen LogP contribution in [0.15, 0.2) is 0 Å². The lowest BCUT2D eigenvalue weighted by Crippen LogP contribution is -2.42. The van der Waals surface area contributed by atoms with Crippen LogP contribution in [0.25, 0.3) is 0 Å². The Hall–Kier alpha value is -1.37. The van der Waals surface area contributed by atoms with Gasteiger partial charge in [0.2, 0.25) is 5.91 Å². The number of hydrogen-bond acceptors (Lipinski definition) is 4. The molecule has 0 aromatic heterocycles. The van der Waals surface area contributed by atoms with Crippen molar-refractivity contribution in [2.75, 3.05) is 45.9 Å². The molecule has 1 saturated carbocycles. The summed E-state index contributed by atoms with van der Waals surface area (Å²) >= 11 is 0. The summed E-state index contributed by atoms with van der Waals surface area (Å²) in [6.07, 6.45) is -0.0571. The number of carbonyl (C=O) groups is 2. The van der Waals surface area contributed by atoms with Gasteiger partial charge in [0, 0.05) is 32.7 Å².